The van der Waals surface area contributed by atoms with E-state index in [4.69, 9.17) is 5.26 Å². The SMILES string of the molecule is CCN([C@H](C)c1ccc(OC(F)(F)F)cc1)S(=O)(=O)c1cncc(C#N)c1. The Morgan fingerprint density at radius 1 is 1.26 bits per heavy atom. The van der Waals surface area contributed by atoms with Crippen LogP contribution >= 0.6 is 0 Å². The zero-order valence-electron chi connectivity index (χ0n) is 14.4. The van der Waals surface area contributed by atoms with E-state index in [0.29, 0.717) is 5.56 Å². The van der Waals surface area contributed by atoms with Crippen molar-refractivity contribution in [3.63, 3.8) is 0 Å². The lowest BCUT2D eigenvalue weighted by atomic mass is 10.1. The van der Waals surface area contributed by atoms with Crippen LogP contribution in [0.2, 0.25) is 0 Å². The Labute approximate surface area is 154 Å². The lowest BCUT2D eigenvalue weighted by Gasteiger charge is -2.27. The molecular weight excluding hydrogens is 383 g/mol. The van der Waals surface area contributed by atoms with E-state index in [1.54, 1.807) is 13.8 Å². The maximum atomic E-state index is 12.9. The number of pyridine rings is 1. The predicted molar refractivity (Wildman–Crippen MR) is 90.1 cm³/mol. The molecule has 0 spiro atoms. The molecule has 0 saturated heterocycles. The fraction of sp³-hybridized carbons (Fsp3) is 0.294. The van der Waals surface area contributed by atoms with Crippen molar-refractivity contribution < 1.29 is 26.3 Å². The van der Waals surface area contributed by atoms with E-state index in [2.05, 4.69) is 9.72 Å². The molecule has 0 aliphatic carbocycles. The van der Waals surface area contributed by atoms with Gasteiger partial charge in [-0.25, -0.2) is 8.42 Å². The molecule has 1 atom stereocenters. The zero-order chi connectivity index (χ0) is 20.2. The minimum Gasteiger partial charge on any atom is -0.406 e. The highest BCUT2D eigenvalue weighted by atomic mass is 32.2. The second-order valence-corrected chi connectivity index (χ2v) is 7.41. The molecule has 0 aliphatic heterocycles. The van der Waals surface area contributed by atoms with Crippen LogP contribution in [-0.4, -0.2) is 30.6 Å². The number of nitriles is 1. The molecule has 0 radical (unpaired) electrons. The van der Waals surface area contributed by atoms with Crippen molar-refractivity contribution in [3.05, 3.63) is 53.9 Å². The summed E-state index contributed by atoms with van der Waals surface area (Å²) < 4.78 is 67.5. The van der Waals surface area contributed by atoms with Gasteiger partial charge in [0.15, 0.2) is 0 Å². The van der Waals surface area contributed by atoms with Crippen LogP contribution in [0.15, 0.2) is 47.6 Å². The number of rotatable bonds is 6. The Bertz CT molecular complexity index is 938. The van der Waals surface area contributed by atoms with Gasteiger partial charge in [0.25, 0.3) is 0 Å². The van der Waals surface area contributed by atoms with Gasteiger partial charge in [-0.15, -0.1) is 13.2 Å². The maximum Gasteiger partial charge on any atom is 0.573 e. The first-order valence-corrected chi connectivity index (χ1v) is 9.25. The summed E-state index contributed by atoms with van der Waals surface area (Å²) in [6.07, 6.45) is -2.41. The van der Waals surface area contributed by atoms with Crippen LogP contribution in [0.1, 0.15) is 31.0 Å². The molecule has 1 aromatic heterocycles. The summed E-state index contributed by atoms with van der Waals surface area (Å²) in [4.78, 5) is 3.63. The summed E-state index contributed by atoms with van der Waals surface area (Å²) in [7, 11) is -3.96. The molecular formula is C17H16F3N3O3S. The van der Waals surface area contributed by atoms with Crippen LogP contribution in [0.5, 0.6) is 5.75 Å². The molecule has 0 amide bonds. The molecule has 1 heterocycles. The minimum atomic E-state index is -4.80. The summed E-state index contributed by atoms with van der Waals surface area (Å²) in [5.74, 6) is -0.393. The van der Waals surface area contributed by atoms with Crippen molar-refractivity contribution >= 4 is 10.0 Å². The molecule has 0 N–H and O–H groups in total. The van der Waals surface area contributed by atoms with Gasteiger partial charge in [0.2, 0.25) is 10.0 Å². The first kappa shape index (κ1) is 20.7. The summed E-state index contributed by atoms with van der Waals surface area (Å²) in [5.41, 5.74) is 0.591. The molecule has 6 nitrogen and oxygen atoms in total. The Hall–Kier alpha value is -2.64. The van der Waals surface area contributed by atoms with E-state index >= 15 is 0 Å². The van der Waals surface area contributed by atoms with Gasteiger partial charge in [0.1, 0.15) is 16.7 Å². The van der Waals surface area contributed by atoms with Crippen molar-refractivity contribution in [1.29, 1.82) is 5.26 Å². The smallest absolute Gasteiger partial charge is 0.406 e. The highest BCUT2D eigenvalue weighted by Gasteiger charge is 2.32. The molecule has 0 aliphatic rings. The fourth-order valence-electron chi connectivity index (χ4n) is 2.52. The van der Waals surface area contributed by atoms with Gasteiger partial charge >= 0.3 is 6.36 Å². The number of benzene rings is 1. The van der Waals surface area contributed by atoms with Crippen molar-refractivity contribution in [2.45, 2.75) is 31.1 Å². The molecule has 27 heavy (non-hydrogen) atoms. The third kappa shape index (κ3) is 4.96. The standard InChI is InChI=1S/C17H16F3N3O3S/c1-3-23(27(24,25)16-8-13(9-21)10-22-11-16)12(2)14-4-6-15(7-5-14)26-17(18,19)20/h4-8,10-12H,3H2,1-2H3/t12-/m1/s1. The zero-order valence-corrected chi connectivity index (χ0v) is 15.3. The molecule has 2 aromatic rings. The van der Waals surface area contributed by atoms with Crippen LogP contribution in [0, 0.1) is 11.3 Å². The average Bonchev–Trinajstić information content (AvgIpc) is 2.61. The van der Waals surface area contributed by atoms with Crippen LogP contribution in [0.4, 0.5) is 13.2 Å². The van der Waals surface area contributed by atoms with Crippen molar-refractivity contribution in [2.75, 3.05) is 6.54 Å². The topological polar surface area (TPSA) is 83.3 Å². The number of hydrogen-bond donors (Lipinski definition) is 0. The van der Waals surface area contributed by atoms with E-state index in [1.165, 1.54) is 28.7 Å². The van der Waals surface area contributed by atoms with E-state index < -0.39 is 28.2 Å². The second kappa shape index (κ2) is 7.94. The number of nitrogens with zero attached hydrogens (tertiary/aromatic N) is 3. The molecule has 0 saturated carbocycles. The van der Waals surface area contributed by atoms with E-state index in [0.717, 1.165) is 18.3 Å². The van der Waals surface area contributed by atoms with Crippen LogP contribution in [0.3, 0.4) is 0 Å². The van der Waals surface area contributed by atoms with E-state index in [-0.39, 0.29) is 17.0 Å². The third-order valence-electron chi connectivity index (χ3n) is 3.79. The van der Waals surface area contributed by atoms with Gasteiger partial charge in [-0.2, -0.15) is 9.57 Å². The largest absolute Gasteiger partial charge is 0.573 e. The minimum absolute atomic E-state index is 0.105. The quantitative estimate of drug-likeness (QED) is 0.741. The summed E-state index contributed by atoms with van der Waals surface area (Å²) in [6.45, 7) is 3.36. The highest BCUT2D eigenvalue weighted by molar-refractivity contribution is 7.89. The van der Waals surface area contributed by atoms with Crippen molar-refractivity contribution in [2.24, 2.45) is 0 Å². The molecule has 0 bridgehead atoms. The van der Waals surface area contributed by atoms with Gasteiger partial charge in [0, 0.05) is 25.0 Å². The fourth-order valence-corrected chi connectivity index (χ4v) is 4.14. The number of aromatic nitrogens is 1. The molecule has 10 heteroatoms. The monoisotopic (exact) mass is 399 g/mol. The van der Waals surface area contributed by atoms with Crippen LogP contribution in [0.25, 0.3) is 0 Å². The Kier molecular flexibility index (Phi) is 6.08. The Morgan fingerprint density at radius 3 is 2.41 bits per heavy atom. The van der Waals surface area contributed by atoms with Gasteiger partial charge in [-0.1, -0.05) is 19.1 Å². The van der Waals surface area contributed by atoms with Crippen LogP contribution in [-0.2, 0) is 10.0 Å². The lowest BCUT2D eigenvalue weighted by Crippen LogP contribution is -2.33. The number of ether oxygens (including phenoxy) is 1. The average molecular weight is 399 g/mol. The summed E-state index contributed by atoms with van der Waals surface area (Å²) in [5, 5.41) is 8.93. The Morgan fingerprint density at radius 2 is 1.89 bits per heavy atom. The second-order valence-electron chi connectivity index (χ2n) is 5.52. The normalized spacial score (nSPS) is 13.2. The third-order valence-corrected chi connectivity index (χ3v) is 5.80. The number of halogens is 3. The van der Waals surface area contributed by atoms with Crippen LogP contribution < -0.4 is 4.74 Å². The molecule has 1 aromatic carbocycles. The first-order valence-electron chi connectivity index (χ1n) is 7.81. The van der Waals surface area contributed by atoms with Crippen molar-refractivity contribution in [1.82, 2.24) is 9.29 Å². The highest BCUT2D eigenvalue weighted by Crippen LogP contribution is 2.29. The predicted octanol–water partition coefficient (Wildman–Crippen LogP) is 3.62. The summed E-state index contributed by atoms with van der Waals surface area (Å²) in [6, 6.07) is 7.37. The maximum absolute atomic E-state index is 12.9. The van der Waals surface area contributed by atoms with Gasteiger partial charge in [0.05, 0.1) is 5.56 Å². The number of alkyl halides is 3. The lowest BCUT2D eigenvalue weighted by molar-refractivity contribution is -0.274. The van der Waals surface area contributed by atoms with Gasteiger partial charge in [-0.05, 0) is 30.7 Å². The summed E-state index contributed by atoms with van der Waals surface area (Å²) >= 11 is 0. The number of hydrogen-bond acceptors (Lipinski definition) is 5. The molecule has 0 fully saturated rings. The molecule has 144 valence electrons. The van der Waals surface area contributed by atoms with E-state index in [9.17, 15) is 21.6 Å². The van der Waals surface area contributed by atoms with E-state index in [1.807, 2.05) is 6.07 Å². The number of sulfonamides is 1. The molecule has 0 unspecified atom stereocenters. The first-order chi connectivity index (χ1) is 12.6. The van der Waals surface area contributed by atoms with Gasteiger partial charge in [-0.3, -0.25) is 4.98 Å². The Balaban J connectivity index is 2.31. The van der Waals surface area contributed by atoms with Crippen molar-refractivity contribution in [3.8, 4) is 11.8 Å². The molecule has 2 rings (SSSR count). The van der Waals surface area contributed by atoms with Gasteiger partial charge < -0.3 is 4.74 Å².